The van der Waals surface area contributed by atoms with Crippen LogP contribution in [0.25, 0.3) is 0 Å². The highest BCUT2D eigenvalue weighted by molar-refractivity contribution is 9.25. The molecule has 0 saturated carbocycles. The van der Waals surface area contributed by atoms with Crippen molar-refractivity contribution in [2.24, 2.45) is 0 Å². The number of hydrogen-bond donors (Lipinski definition) is 0. The minimum atomic E-state index is -2.01. The van der Waals surface area contributed by atoms with E-state index in [9.17, 15) is 0 Å². The van der Waals surface area contributed by atoms with Gasteiger partial charge >= 0.3 is 7.18 Å². The molecule has 0 bridgehead atoms. The molecule has 15 heavy (non-hydrogen) atoms. The van der Waals surface area contributed by atoms with E-state index in [1.165, 1.54) is 25.7 Å². The predicted octanol–water partition coefficient (Wildman–Crippen LogP) is 4.36. The van der Waals surface area contributed by atoms with Crippen LogP contribution in [0.2, 0.25) is 6.04 Å². The Balaban J connectivity index is 3.78. The Kier molecular flexibility index (Phi) is 10.2. The Morgan fingerprint density at radius 1 is 0.933 bits per heavy atom. The van der Waals surface area contributed by atoms with Gasteiger partial charge in [-0.1, -0.05) is 54.8 Å². The molecule has 4 heteroatoms. The fourth-order valence-corrected chi connectivity index (χ4v) is 5.42. The number of halogens is 1. The summed E-state index contributed by atoms with van der Waals surface area (Å²) in [6, 6.07) is 1.07. The first-order valence-corrected chi connectivity index (χ1v) is 10.4. The Labute approximate surface area is 104 Å². The molecule has 0 aromatic rings. The van der Waals surface area contributed by atoms with Crippen molar-refractivity contribution >= 4 is 22.5 Å². The van der Waals surface area contributed by atoms with E-state index in [-0.39, 0.29) is 0 Å². The van der Waals surface area contributed by atoms with Crippen LogP contribution in [0, 0.1) is 0 Å². The van der Waals surface area contributed by atoms with Crippen molar-refractivity contribution in [1.82, 2.24) is 0 Å². The van der Waals surface area contributed by atoms with E-state index in [1.54, 1.807) is 0 Å². The van der Waals surface area contributed by atoms with Gasteiger partial charge in [-0.25, -0.2) is 0 Å². The van der Waals surface area contributed by atoms with E-state index < -0.39 is 7.18 Å². The molecule has 0 heterocycles. The number of rotatable bonds is 10. The van der Waals surface area contributed by atoms with Crippen LogP contribution < -0.4 is 0 Å². The van der Waals surface area contributed by atoms with Crippen molar-refractivity contribution < 1.29 is 8.85 Å². The van der Waals surface area contributed by atoms with Crippen LogP contribution in [0.5, 0.6) is 0 Å². The topological polar surface area (TPSA) is 18.5 Å². The number of unbranched alkanes of at least 4 members (excludes halogenated alkanes) is 3. The lowest BCUT2D eigenvalue weighted by Gasteiger charge is -2.24. The summed E-state index contributed by atoms with van der Waals surface area (Å²) in [5.74, 6) is 0. The lowest BCUT2D eigenvalue weighted by atomic mass is 10.2. The van der Waals surface area contributed by atoms with Gasteiger partial charge in [-0.3, -0.25) is 0 Å². The van der Waals surface area contributed by atoms with Crippen LogP contribution >= 0.6 is 15.3 Å². The standard InChI is InChI=1S/C11H25BrO2Si/c1-4-7-8-9-11-15(12,13-6-3)14-10-5-2/h4-11H2,1-3H3. The molecule has 0 fully saturated rings. The monoisotopic (exact) mass is 296 g/mol. The first kappa shape index (κ1) is 15.6. The van der Waals surface area contributed by atoms with Gasteiger partial charge in [0.1, 0.15) is 0 Å². The van der Waals surface area contributed by atoms with Gasteiger partial charge in [0.15, 0.2) is 0 Å². The zero-order chi connectivity index (χ0) is 11.6. The summed E-state index contributed by atoms with van der Waals surface area (Å²) < 4.78 is 11.6. The fourth-order valence-electron chi connectivity index (χ4n) is 1.42. The molecule has 0 spiro atoms. The highest BCUT2D eigenvalue weighted by Crippen LogP contribution is 2.24. The lowest BCUT2D eigenvalue weighted by molar-refractivity contribution is 0.197. The SMILES string of the molecule is CCCCCC[Si](Br)(OCC)OCCC. The molecule has 0 radical (unpaired) electrons. The van der Waals surface area contributed by atoms with Crippen molar-refractivity contribution in [3.8, 4) is 0 Å². The molecule has 0 rings (SSSR count). The average molecular weight is 297 g/mol. The zero-order valence-electron chi connectivity index (χ0n) is 10.4. The van der Waals surface area contributed by atoms with Crippen LogP contribution in [-0.2, 0) is 8.85 Å². The largest absolute Gasteiger partial charge is 0.414 e. The molecule has 0 aliphatic heterocycles. The second-order valence-electron chi connectivity index (χ2n) is 3.75. The number of hydrogen-bond acceptors (Lipinski definition) is 2. The van der Waals surface area contributed by atoms with Crippen molar-refractivity contribution in [2.75, 3.05) is 13.2 Å². The van der Waals surface area contributed by atoms with Gasteiger partial charge < -0.3 is 8.85 Å². The third kappa shape index (κ3) is 8.43. The van der Waals surface area contributed by atoms with E-state index in [2.05, 4.69) is 29.1 Å². The van der Waals surface area contributed by atoms with Crippen LogP contribution in [0.1, 0.15) is 52.9 Å². The van der Waals surface area contributed by atoms with E-state index in [1.807, 2.05) is 6.92 Å². The van der Waals surface area contributed by atoms with Gasteiger partial charge in [0.25, 0.3) is 0 Å². The van der Waals surface area contributed by atoms with E-state index >= 15 is 0 Å². The van der Waals surface area contributed by atoms with Crippen LogP contribution in [-0.4, -0.2) is 20.4 Å². The highest BCUT2D eigenvalue weighted by atomic mass is 79.9. The first-order chi connectivity index (χ1) is 7.18. The van der Waals surface area contributed by atoms with E-state index in [4.69, 9.17) is 8.85 Å². The molecule has 0 N–H and O–H groups in total. The Morgan fingerprint density at radius 3 is 2.20 bits per heavy atom. The molecule has 0 aliphatic rings. The van der Waals surface area contributed by atoms with E-state index in [0.29, 0.717) is 0 Å². The van der Waals surface area contributed by atoms with Gasteiger partial charge in [0.05, 0.1) is 0 Å². The molecule has 0 saturated heterocycles. The Morgan fingerprint density at radius 2 is 1.67 bits per heavy atom. The average Bonchev–Trinajstić information content (AvgIpc) is 2.22. The predicted molar refractivity (Wildman–Crippen MR) is 71.5 cm³/mol. The van der Waals surface area contributed by atoms with Crippen LogP contribution in [0.3, 0.4) is 0 Å². The van der Waals surface area contributed by atoms with Crippen molar-refractivity contribution in [2.45, 2.75) is 58.9 Å². The van der Waals surface area contributed by atoms with Crippen molar-refractivity contribution in [3.63, 3.8) is 0 Å². The molecular formula is C11H25BrO2Si. The smallest absolute Gasteiger partial charge is 0.387 e. The molecule has 0 aromatic carbocycles. The quantitative estimate of drug-likeness (QED) is 0.339. The maximum Gasteiger partial charge on any atom is 0.414 e. The second-order valence-corrected chi connectivity index (χ2v) is 9.77. The van der Waals surface area contributed by atoms with Gasteiger partial charge in [0.2, 0.25) is 0 Å². The summed E-state index contributed by atoms with van der Waals surface area (Å²) in [6.45, 7) is 7.95. The molecule has 1 atom stereocenters. The summed E-state index contributed by atoms with van der Waals surface area (Å²) in [4.78, 5) is 0. The maximum atomic E-state index is 5.83. The molecule has 92 valence electrons. The molecule has 2 nitrogen and oxygen atoms in total. The zero-order valence-corrected chi connectivity index (χ0v) is 12.9. The first-order valence-electron chi connectivity index (χ1n) is 6.15. The second kappa shape index (κ2) is 9.82. The summed E-state index contributed by atoms with van der Waals surface area (Å²) in [5.41, 5.74) is 0. The highest BCUT2D eigenvalue weighted by Gasteiger charge is 2.33. The van der Waals surface area contributed by atoms with Crippen molar-refractivity contribution in [3.05, 3.63) is 0 Å². The summed E-state index contributed by atoms with van der Waals surface area (Å²) >= 11 is 3.69. The van der Waals surface area contributed by atoms with Crippen LogP contribution in [0.15, 0.2) is 0 Å². The summed E-state index contributed by atoms with van der Waals surface area (Å²) in [5, 5.41) is 0. The third-order valence-corrected chi connectivity index (χ3v) is 7.08. The van der Waals surface area contributed by atoms with Crippen LogP contribution in [0.4, 0.5) is 0 Å². The minimum Gasteiger partial charge on any atom is -0.387 e. The molecule has 1 unspecified atom stereocenters. The molecule has 0 aliphatic carbocycles. The van der Waals surface area contributed by atoms with Gasteiger partial charge in [-0.15, -0.1) is 0 Å². The Hall–Kier alpha value is 0.617. The Bertz CT molecular complexity index is 147. The summed E-state index contributed by atoms with van der Waals surface area (Å²) in [7, 11) is -2.01. The molecular weight excluding hydrogens is 272 g/mol. The molecule has 0 aromatic heterocycles. The lowest BCUT2D eigenvalue weighted by Crippen LogP contribution is -2.35. The van der Waals surface area contributed by atoms with Crippen molar-refractivity contribution in [1.29, 1.82) is 0 Å². The third-order valence-electron chi connectivity index (χ3n) is 2.21. The van der Waals surface area contributed by atoms with Gasteiger partial charge in [0, 0.05) is 19.3 Å². The normalized spacial score (nSPS) is 15.2. The minimum absolute atomic E-state index is 0.745. The maximum absolute atomic E-state index is 5.83. The summed E-state index contributed by atoms with van der Waals surface area (Å²) in [6.07, 6.45) is 6.16. The van der Waals surface area contributed by atoms with Gasteiger partial charge in [-0.2, -0.15) is 0 Å². The fraction of sp³-hybridized carbons (Fsp3) is 1.00. The van der Waals surface area contributed by atoms with E-state index in [0.717, 1.165) is 25.7 Å². The molecule has 0 amide bonds. The van der Waals surface area contributed by atoms with Gasteiger partial charge in [-0.05, 0) is 13.3 Å².